The van der Waals surface area contributed by atoms with Gasteiger partial charge in [0.1, 0.15) is 0 Å². The third-order valence-corrected chi connectivity index (χ3v) is 12.2. The van der Waals surface area contributed by atoms with E-state index < -0.39 is 0 Å². The van der Waals surface area contributed by atoms with Gasteiger partial charge in [0, 0.05) is 34.1 Å². The molecule has 0 saturated heterocycles. The van der Waals surface area contributed by atoms with Crippen molar-refractivity contribution < 1.29 is 0 Å². The summed E-state index contributed by atoms with van der Waals surface area (Å²) in [6, 6.07) is 96.3. The quantitative estimate of drug-likeness (QED) is 0.127. The minimum absolute atomic E-state index is 1.10. The van der Waals surface area contributed by atoms with Crippen LogP contribution in [0.15, 0.2) is 267 Å². The number of anilines is 6. The minimum Gasteiger partial charge on any atom is -0.310 e. The van der Waals surface area contributed by atoms with Crippen molar-refractivity contribution in [3.05, 3.63) is 267 Å². The number of fused-ring (bicyclic) bond motifs is 3. The standard InChI is InChI=1S/C62H44N2/c1-7-19-45(20-8-1)57-39-35-55(63(51-23-11-3-12-24-51)52-25-13-4-14-26-52)43-61(57)49-33-37-59-47(41-49)31-32-48-42-50(34-38-60(48)59)62-44-56(36-40-58(62)46-21-9-2-10-22-46)64(53-27-15-5-16-28-53)54-29-17-6-18-30-54/h1-44H. The normalized spacial score (nSPS) is 11.1. The lowest BCUT2D eigenvalue weighted by Gasteiger charge is -2.27. The Labute approximate surface area is 375 Å². The van der Waals surface area contributed by atoms with Crippen molar-refractivity contribution in [2.45, 2.75) is 0 Å². The monoisotopic (exact) mass is 816 g/mol. The van der Waals surface area contributed by atoms with Gasteiger partial charge in [-0.2, -0.15) is 0 Å². The Hall–Kier alpha value is -8.46. The summed E-state index contributed by atoms with van der Waals surface area (Å²) in [6.45, 7) is 0. The van der Waals surface area contributed by atoms with E-state index in [4.69, 9.17) is 0 Å². The van der Waals surface area contributed by atoms with Crippen molar-refractivity contribution in [3.8, 4) is 44.5 Å². The fourth-order valence-corrected chi connectivity index (χ4v) is 9.17. The SMILES string of the molecule is c1ccc(-c2ccc(N(c3ccccc3)c3ccccc3)cc2-c2ccc3c(ccc4cc(-c5cc(N(c6ccccc6)c6ccccc6)ccc5-c5ccccc5)ccc43)c2)cc1. The van der Waals surface area contributed by atoms with Crippen LogP contribution in [0.4, 0.5) is 34.1 Å². The summed E-state index contributed by atoms with van der Waals surface area (Å²) in [5, 5.41) is 4.88. The molecule has 2 nitrogen and oxygen atoms in total. The molecule has 0 saturated carbocycles. The van der Waals surface area contributed by atoms with Crippen molar-refractivity contribution in [1.82, 2.24) is 0 Å². The highest BCUT2D eigenvalue weighted by Crippen LogP contribution is 2.44. The summed E-state index contributed by atoms with van der Waals surface area (Å²) in [7, 11) is 0. The van der Waals surface area contributed by atoms with E-state index in [1.807, 2.05) is 0 Å². The maximum absolute atomic E-state index is 2.36. The summed E-state index contributed by atoms with van der Waals surface area (Å²) in [5.74, 6) is 0. The second-order valence-electron chi connectivity index (χ2n) is 16.1. The average molecular weight is 817 g/mol. The molecule has 2 heteroatoms. The first kappa shape index (κ1) is 38.5. The van der Waals surface area contributed by atoms with Gasteiger partial charge >= 0.3 is 0 Å². The second-order valence-corrected chi connectivity index (χ2v) is 16.1. The molecule has 0 fully saturated rings. The lowest BCUT2D eigenvalue weighted by molar-refractivity contribution is 1.28. The minimum atomic E-state index is 1.10. The molecule has 0 unspecified atom stereocenters. The van der Waals surface area contributed by atoms with E-state index in [0.717, 1.165) is 34.1 Å². The van der Waals surface area contributed by atoms with Gasteiger partial charge in [-0.15, -0.1) is 0 Å². The van der Waals surface area contributed by atoms with E-state index in [-0.39, 0.29) is 0 Å². The zero-order valence-corrected chi connectivity index (χ0v) is 35.3. The molecule has 0 N–H and O–H groups in total. The molecule has 11 aromatic rings. The Bertz CT molecular complexity index is 3040. The van der Waals surface area contributed by atoms with Gasteiger partial charge in [-0.25, -0.2) is 0 Å². The smallest absolute Gasteiger partial charge is 0.0468 e. The highest BCUT2D eigenvalue weighted by molar-refractivity contribution is 6.10. The molecular formula is C62H44N2. The molecule has 0 spiro atoms. The maximum Gasteiger partial charge on any atom is 0.0468 e. The third kappa shape index (κ3) is 7.48. The largest absolute Gasteiger partial charge is 0.310 e. The fourth-order valence-electron chi connectivity index (χ4n) is 9.17. The first-order valence-corrected chi connectivity index (χ1v) is 21.9. The first-order valence-electron chi connectivity index (χ1n) is 21.9. The van der Waals surface area contributed by atoms with Crippen LogP contribution < -0.4 is 9.80 Å². The lowest BCUT2D eigenvalue weighted by Crippen LogP contribution is -2.10. The summed E-state index contributed by atoms with van der Waals surface area (Å²) in [5.41, 5.74) is 16.2. The Morgan fingerprint density at radius 2 is 0.500 bits per heavy atom. The van der Waals surface area contributed by atoms with Crippen LogP contribution in [0.25, 0.3) is 66.1 Å². The van der Waals surface area contributed by atoms with Gasteiger partial charge in [-0.05, 0) is 151 Å². The van der Waals surface area contributed by atoms with Crippen molar-refractivity contribution >= 4 is 55.7 Å². The van der Waals surface area contributed by atoms with E-state index in [9.17, 15) is 0 Å². The van der Waals surface area contributed by atoms with Gasteiger partial charge in [0.25, 0.3) is 0 Å². The molecular weight excluding hydrogens is 773 g/mol. The summed E-state index contributed by atoms with van der Waals surface area (Å²) >= 11 is 0. The van der Waals surface area contributed by atoms with Crippen LogP contribution in [-0.2, 0) is 0 Å². The number of rotatable bonds is 10. The van der Waals surface area contributed by atoms with Crippen LogP contribution in [0.3, 0.4) is 0 Å². The molecule has 0 heterocycles. The van der Waals surface area contributed by atoms with Crippen LogP contribution in [0.5, 0.6) is 0 Å². The van der Waals surface area contributed by atoms with Gasteiger partial charge in [0.2, 0.25) is 0 Å². The van der Waals surface area contributed by atoms with Crippen LogP contribution in [-0.4, -0.2) is 0 Å². The maximum atomic E-state index is 2.36. The number of hydrogen-bond acceptors (Lipinski definition) is 2. The highest BCUT2D eigenvalue weighted by atomic mass is 15.1. The lowest BCUT2D eigenvalue weighted by atomic mass is 9.90. The first-order chi connectivity index (χ1) is 31.7. The molecule has 0 aliphatic heterocycles. The van der Waals surface area contributed by atoms with Crippen LogP contribution >= 0.6 is 0 Å². The predicted molar refractivity (Wildman–Crippen MR) is 273 cm³/mol. The Morgan fingerprint density at radius 3 is 0.828 bits per heavy atom. The zero-order chi connectivity index (χ0) is 42.7. The Balaban J connectivity index is 1.03. The summed E-state index contributed by atoms with van der Waals surface area (Å²) in [4.78, 5) is 4.67. The Morgan fingerprint density at radius 1 is 0.188 bits per heavy atom. The molecule has 302 valence electrons. The van der Waals surface area contributed by atoms with E-state index in [0.29, 0.717) is 0 Å². The van der Waals surface area contributed by atoms with Crippen molar-refractivity contribution in [1.29, 1.82) is 0 Å². The van der Waals surface area contributed by atoms with Crippen molar-refractivity contribution in [2.75, 3.05) is 9.80 Å². The van der Waals surface area contributed by atoms with E-state index >= 15 is 0 Å². The Kier molecular flexibility index (Phi) is 10.3. The second kappa shape index (κ2) is 17.1. The van der Waals surface area contributed by atoms with Gasteiger partial charge in [0.15, 0.2) is 0 Å². The van der Waals surface area contributed by atoms with Crippen LogP contribution in [0.1, 0.15) is 0 Å². The zero-order valence-electron chi connectivity index (χ0n) is 35.3. The van der Waals surface area contributed by atoms with Gasteiger partial charge in [-0.1, -0.05) is 182 Å². The van der Waals surface area contributed by atoms with Gasteiger partial charge in [0.05, 0.1) is 0 Å². The summed E-state index contributed by atoms with van der Waals surface area (Å²) < 4.78 is 0. The molecule has 11 aromatic carbocycles. The van der Waals surface area contributed by atoms with Crippen molar-refractivity contribution in [3.63, 3.8) is 0 Å². The number of hydrogen-bond donors (Lipinski definition) is 0. The van der Waals surface area contributed by atoms with E-state index in [1.54, 1.807) is 0 Å². The molecule has 64 heavy (non-hydrogen) atoms. The molecule has 0 bridgehead atoms. The molecule has 0 aliphatic carbocycles. The topological polar surface area (TPSA) is 6.48 Å². The number of benzene rings is 11. The molecule has 0 atom stereocenters. The molecule has 11 rings (SSSR count). The molecule has 0 aliphatic rings. The van der Waals surface area contributed by atoms with Crippen LogP contribution in [0, 0.1) is 0 Å². The van der Waals surface area contributed by atoms with Crippen molar-refractivity contribution in [2.24, 2.45) is 0 Å². The van der Waals surface area contributed by atoms with E-state index in [2.05, 4.69) is 277 Å². The average Bonchev–Trinajstić information content (AvgIpc) is 3.38. The molecule has 0 radical (unpaired) electrons. The van der Waals surface area contributed by atoms with Gasteiger partial charge in [-0.3, -0.25) is 0 Å². The number of nitrogens with zero attached hydrogens (tertiary/aromatic N) is 2. The highest BCUT2D eigenvalue weighted by Gasteiger charge is 2.19. The predicted octanol–water partition coefficient (Wildman–Crippen LogP) is 17.6. The van der Waals surface area contributed by atoms with E-state index in [1.165, 1.54) is 66.1 Å². The molecule has 0 aromatic heterocycles. The number of para-hydroxylation sites is 4. The van der Waals surface area contributed by atoms with Gasteiger partial charge < -0.3 is 9.80 Å². The fraction of sp³-hybridized carbons (Fsp3) is 0. The molecule has 0 amide bonds. The summed E-state index contributed by atoms with van der Waals surface area (Å²) in [6.07, 6.45) is 0. The van der Waals surface area contributed by atoms with Crippen LogP contribution in [0.2, 0.25) is 0 Å². The third-order valence-electron chi connectivity index (χ3n) is 12.2.